The van der Waals surface area contributed by atoms with Gasteiger partial charge in [0.2, 0.25) is 5.82 Å². The van der Waals surface area contributed by atoms with Crippen molar-refractivity contribution in [2.75, 3.05) is 20.2 Å². The summed E-state index contributed by atoms with van der Waals surface area (Å²) in [6.45, 7) is 0.834. The fraction of sp³-hybridized carbons (Fsp3) is 0.250. The summed E-state index contributed by atoms with van der Waals surface area (Å²) in [6.07, 6.45) is 1.30. The van der Waals surface area contributed by atoms with E-state index in [1.807, 2.05) is 0 Å². The Hall–Kier alpha value is -2.08. The molecule has 0 unspecified atom stereocenters. The van der Waals surface area contributed by atoms with Gasteiger partial charge in [-0.1, -0.05) is 11.6 Å². The van der Waals surface area contributed by atoms with E-state index >= 15 is 0 Å². The number of H-pyrrole nitrogens is 1. The molecule has 0 bridgehead atoms. The summed E-state index contributed by atoms with van der Waals surface area (Å²) in [4.78, 5) is 17.1. The van der Waals surface area contributed by atoms with Gasteiger partial charge in [-0.3, -0.25) is 9.89 Å². The monoisotopic (exact) mass is 280 g/mol. The minimum atomic E-state index is -0.225. The fourth-order valence-electron chi connectivity index (χ4n) is 1.42. The molecule has 0 aliphatic carbocycles. The minimum absolute atomic E-state index is 0.217. The first-order chi connectivity index (χ1) is 9.16. The molecule has 100 valence electrons. The van der Waals surface area contributed by atoms with Crippen molar-refractivity contribution in [2.45, 2.75) is 0 Å². The maximum absolute atomic E-state index is 11.8. The van der Waals surface area contributed by atoms with Crippen LogP contribution in [0.4, 0.5) is 0 Å². The molecule has 6 nitrogen and oxygen atoms in total. The van der Waals surface area contributed by atoms with Gasteiger partial charge in [0.15, 0.2) is 0 Å². The van der Waals surface area contributed by atoms with Gasteiger partial charge in [-0.25, -0.2) is 4.98 Å². The van der Waals surface area contributed by atoms with Gasteiger partial charge in [-0.05, 0) is 24.3 Å². The van der Waals surface area contributed by atoms with Gasteiger partial charge in [0.25, 0.3) is 5.91 Å². The van der Waals surface area contributed by atoms with E-state index in [1.165, 1.54) is 11.2 Å². The summed E-state index contributed by atoms with van der Waals surface area (Å²) in [5.74, 6) is 0.705. The molecule has 0 radical (unpaired) electrons. The third-order valence-corrected chi connectivity index (χ3v) is 2.73. The van der Waals surface area contributed by atoms with Gasteiger partial charge in [-0.2, -0.15) is 5.10 Å². The lowest BCUT2D eigenvalue weighted by atomic mass is 10.3. The number of nitrogens with one attached hydrogen (secondary N) is 1. The van der Waals surface area contributed by atoms with Crippen LogP contribution in [0, 0.1) is 0 Å². The normalized spacial score (nSPS) is 10.2. The Balaban J connectivity index is 1.79. The number of aromatic amines is 1. The molecule has 1 N–H and O–H groups in total. The largest absolute Gasteiger partial charge is 0.492 e. The van der Waals surface area contributed by atoms with Crippen molar-refractivity contribution in [1.82, 2.24) is 20.1 Å². The number of hydrogen-bond acceptors (Lipinski definition) is 4. The SMILES string of the molecule is CN(CCOc1ccc(Cl)cc1)C(=O)c1ncn[nH]1. The topological polar surface area (TPSA) is 71.1 Å². The molecule has 0 spiro atoms. The summed E-state index contributed by atoms with van der Waals surface area (Å²) in [5, 5.41) is 6.82. The zero-order valence-electron chi connectivity index (χ0n) is 10.3. The standard InChI is InChI=1S/C12H13ClN4O2/c1-17(12(18)11-14-8-15-16-11)6-7-19-10-4-2-9(13)3-5-10/h2-5,8H,6-7H2,1H3,(H,14,15,16). The molecular weight excluding hydrogens is 268 g/mol. The Morgan fingerprint density at radius 2 is 2.16 bits per heavy atom. The second-order valence-corrected chi connectivity index (χ2v) is 4.30. The smallest absolute Gasteiger partial charge is 0.291 e. The molecule has 1 amide bonds. The molecule has 2 rings (SSSR count). The number of hydrogen-bond donors (Lipinski definition) is 1. The summed E-state index contributed by atoms with van der Waals surface area (Å²) in [7, 11) is 1.68. The summed E-state index contributed by atoms with van der Waals surface area (Å²) < 4.78 is 5.50. The van der Waals surface area contributed by atoms with E-state index in [4.69, 9.17) is 16.3 Å². The van der Waals surface area contributed by atoms with Gasteiger partial charge in [0.1, 0.15) is 18.7 Å². The third-order valence-electron chi connectivity index (χ3n) is 2.47. The molecule has 0 aliphatic heterocycles. The van der Waals surface area contributed by atoms with Crippen molar-refractivity contribution in [3.63, 3.8) is 0 Å². The van der Waals surface area contributed by atoms with Crippen molar-refractivity contribution in [3.05, 3.63) is 41.4 Å². The molecule has 0 saturated heterocycles. The molecule has 1 aromatic carbocycles. The number of amides is 1. The number of carbonyl (C=O) groups excluding carboxylic acids is 1. The highest BCUT2D eigenvalue weighted by Crippen LogP contribution is 2.15. The van der Waals surface area contributed by atoms with Crippen LogP contribution in [-0.2, 0) is 0 Å². The van der Waals surface area contributed by atoms with Crippen LogP contribution in [-0.4, -0.2) is 46.2 Å². The Morgan fingerprint density at radius 3 is 2.79 bits per heavy atom. The van der Waals surface area contributed by atoms with Crippen molar-refractivity contribution < 1.29 is 9.53 Å². The van der Waals surface area contributed by atoms with Gasteiger partial charge < -0.3 is 9.64 Å². The van der Waals surface area contributed by atoms with Gasteiger partial charge in [-0.15, -0.1) is 0 Å². The van der Waals surface area contributed by atoms with E-state index in [0.717, 1.165) is 0 Å². The van der Waals surface area contributed by atoms with E-state index in [0.29, 0.717) is 23.9 Å². The second kappa shape index (κ2) is 6.19. The molecule has 0 fully saturated rings. The molecule has 1 aromatic heterocycles. The molecule has 7 heteroatoms. The van der Waals surface area contributed by atoms with E-state index in [-0.39, 0.29) is 11.7 Å². The lowest BCUT2D eigenvalue weighted by Crippen LogP contribution is -2.31. The number of likely N-dealkylation sites (N-methyl/N-ethyl adjacent to an activating group) is 1. The van der Waals surface area contributed by atoms with Gasteiger partial charge in [0.05, 0.1) is 6.54 Å². The molecule has 0 aliphatic rings. The zero-order valence-corrected chi connectivity index (χ0v) is 11.1. The van der Waals surface area contributed by atoms with Crippen molar-refractivity contribution in [2.24, 2.45) is 0 Å². The van der Waals surface area contributed by atoms with Crippen molar-refractivity contribution >= 4 is 17.5 Å². The quantitative estimate of drug-likeness (QED) is 0.903. The lowest BCUT2D eigenvalue weighted by molar-refractivity contribution is 0.0762. The van der Waals surface area contributed by atoms with Crippen molar-refractivity contribution in [3.8, 4) is 5.75 Å². The van der Waals surface area contributed by atoms with Crippen LogP contribution in [0.3, 0.4) is 0 Å². The molecule has 0 saturated carbocycles. The first-order valence-electron chi connectivity index (χ1n) is 5.66. The first kappa shape index (κ1) is 13.4. The number of benzene rings is 1. The Bertz CT molecular complexity index is 527. The van der Waals surface area contributed by atoms with Gasteiger partial charge in [0, 0.05) is 12.1 Å². The van der Waals surface area contributed by atoms with Crippen molar-refractivity contribution in [1.29, 1.82) is 0 Å². The van der Waals surface area contributed by atoms with E-state index < -0.39 is 0 Å². The van der Waals surface area contributed by atoms with Crippen LogP contribution in [0.5, 0.6) is 5.75 Å². The predicted octanol–water partition coefficient (Wildman–Crippen LogP) is 1.61. The summed E-state index contributed by atoms with van der Waals surface area (Å²) in [6, 6.07) is 7.06. The number of nitrogens with zero attached hydrogens (tertiary/aromatic N) is 3. The first-order valence-corrected chi connectivity index (χ1v) is 6.04. The van der Waals surface area contributed by atoms with Crippen LogP contribution in [0.25, 0.3) is 0 Å². The lowest BCUT2D eigenvalue weighted by Gasteiger charge is -2.15. The second-order valence-electron chi connectivity index (χ2n) is 3.86. The highest BCUT2D eigenvalue weighted by molar-refractivity contribution is 6.30. The molecular formula is C12H13ClN4O2. The van der Waals surface area contributed by atoms with E-state index in [2.05, 4.69) is 15.2 Å². The Kier molecular flexibility index (Phi) is 4.35. The van der Waals surface area contributed by atoms with Crippen LogP contribution >= 0.6 is 11.6 Å². The highest BCUT2D eigenvalue weighted by Gasteiger charge is 2.13. The highest BCUT2D eigenvalue weighted by atomic mass is 35.5. The summed E-state index contributed by atoms with van der Waals surface area (Å²) in [5.41, 5.74) is 0. The number of ether oxygens (including phenoxy) is 1. The maximum Gasteiger partial charge on any atom is 0.291 e. The predicted molar refractivity (Wildman–Crippen MR) is 70.3 cm³/mol. The van der Waals surface area contributed by atoms with Crippen LogP contribution in [0.1, 0.15) is 10.6 Å². The average Bonchev–Trinajstić information content (AvgIpc) is 2.94. The Labute approximate surface area is 115 Å². The fourth-order valence-corrected chi connectivity index (χ4v) is 1.55. The Morgan fingerprint density at radius 1 is 1.42 bits per heavy atom. The molecule has 0 atom stereocenters. The number of rotatable bonds is 5. The number of halogens is 1. The van der Waals surface area contributed by atoms with Crippen LogP contribution < -0.4 is 4.74 Å². The molecule has 19 heavy (non-hydrogen) atoms. The molecule has 1 heterocycles. The van der Waals surface area contributed by atoms with E-state index in [1.54, 1.807) is 31.3 Å². The van der Waals surface area contributed by atoms with Gasteiger partial charge >= 0.3 is 0 Å². The van der Waals surface area contributed by atoms with E-state index in [9.17, 15) is 4.79 Å². The number of aromatic nitrogens is 3. The van der Waals surface area contributed by atoms with Crippen LogP contribution in [0.2, 0.25) is 5.02 Å². The minimum Gasteiger partial charge on any atom is -0.492 e. The molecule has 2 aromatic rings. The maximum atomic E-state index is 11.8. The summed E-state index contributed by atoms with van der Waals surface area (Å²) >= 11 is 5.77. The zero-order chi connectivity index (χ0) is 13.7. The van der Waals surface area contributed by atoms with Crippen LogP contribution in [0.15, 0.2) is 30.6 Å². The third kappa shape index (κ3) is 3.69. The average molecular weight is 281 g/mol. The number of carbonyl (C=O) groups is 1.